The highest BCUT2D eigenvalue weighted by molar-refractivity contribution is 4.90. The van der Waals surface area contributed by atoms with Crippen LogP contribution in [0.4, 0.5) is 0 Å². The average molecular weight is 107 g/mol. The van der Waals surface area contributed by atoms with E-state index in [0.717, 1.165) is 12.1 Å². The van der Waals surface area contributed by atoms with Crippen LogP contribution in [-0.4, -0.2) is 9.97 Å². The molecule has 0 N–H and O–H groups in total. The minimum atomic E-state index is 0.911. The van der Waals surface area contributed by atoms with Crippen molar-refractivity contribution < 1.29 is 0 Å². The van der Waals surface area contributed by atoms with Crippen LogP contribution >= 0.6 is 0 Å². The van der Waals surface area contributed by atoms with Gasteiger partial charge in [-0.25, -0.2) is 0 Å². The summed E-state index contributed by atoms with van der Waals surface area (Å²) < 4.78 is 0. The lowest BCUT2D eigenvalue weighted by Gasteiger charge is -1.86. The van der Waals surface area contributed by atoms with Crippen LogP contribution in [-0.2, 0) is 6.42 Å². The summed E-state index contributed by atoms with van der Waals surface area (Å²) in [5.74, 6) is 0. The Kier molecular flexibility index (Phi) is 1.57. The van der Waals surface area contributed by atoms with Crippen molar-refractivity contribution in [2.45, 2.75) is 13.3 Å². The molecule has 1 rings (SSSR count). The van der Waals surface area contributed by atoms with Crippen LogP contribution in [0.2, 0.25) is 0 Å². The van der Waals surface area contributed by atoms with Crippen molar-refractivity contribution >= 4 is 0 Å². The van der Waals surface area contributed by atoms with Gasteiger partial charge in [-0.2, -0.15) is 0 Å². The molecule has 0 saturated carbocycles. The summed E-state index contributed by atoms with van der Waals surface area (Å²) in [5.41, 5.74) is 0.924. The summed E-state index contributed by atoms with van der Waals surface area (Å²) >= 11 is 0. The molecule has 0 aromatic carbocycles. The molecule has 0 unspecified atom stereocenters. The molecule has 2 heteroatoms. The van der Waals surface area contributed by atoms with Gasteiger partial charge in [0, 0.05) is 12.4 Å². The summed E-state index contributed by atoms with van der Waals surface area (Å²) in [6.45, 7) is 2.03. The maximum absolute atomic E-state index is 3.98. The van der Waals surface area contributed by atoms with E-state index < -0.39 is 0 Å². The molecule has 8 heavy (non-hydrogen) atoms. The lowest BCUT2D eigenvalue weighted by Crippen LogP contribution is -1.85. The SMILES string of the molecule is CCc1[c]nccn1. The lowest BCUT2D eigenvalue weighted by molar-refractivity contribution is 0.993. The highest BCUT2D eigenvalue weighted by atomic mass is 14.8. The third-order valence-corrected chi connectivity index (χ3v) is 0.900. The van der Waals surface area contributed by atoms with Gasteiger partial charge >= 0.3 is 0 Å². The normalized spacial score (nSPS) is 9.12. The van der Waals surface area contributed by atoms with E-state index in [9.17, 15) is 0 Å². The van der Waals surface area contributed by atoms with Crippen LogP contribution in [0.15, 0.2) is 12.4 Å². The topological polar surface area (TPSA) is 25.8 Å². The Morgan fingerprint density at radius 2 is 2.50 bits per heavy atom. The number of aromatic nitrogens is 2. The predicted molar refractivity (Wildman–Crippen MR) is 30.2 cm³/mol. The van der Waals surface area contributed by atoms with Gasteiger partial charge in [0.1, 0.15) is 6.20 Å². The average Bonchev–Trinajstić information content (AvgIpc) is 1.90. The Bertz CT molecular complexity index is 148. The number of hydrogen-bond donors (Lipinski definition) is 0. The summed E-state index contributed by atoms with van der Waals surface area (Å²) in [5, 5.41) is 0. The number of rotatable bonds is 1. The maximum Gasteiger partial charge on any atom is 0.112 e. The van der Waals surface area contributed by atoms with E-state index >= 15 is 0 Å². The fourth-order valence-electron chi connectivity index (χ4n) is 0.468. The quantitative estimate of drug-likeness (QED) is 0.531. The minimum Gasteiger partial charge on any atom is -0.257 e. The van der Waals surface area contributed by atoms with E-state index in [1.165, 1.54) is 0 Å². The summed E-state index contributed by atoms with van der Waals surface area (Å²) in [4.78, 5) is 7.75. The molecule has 0 aliphatic heterocycles. The van der Waals surface area contributed by atoms with Gasteiger partial charge in [0.2, 0.25) is 0 Å². The van der Waals surface area contributed by atoms with E-state index in [1.54, 1.807) is 12.4 Å². The molecule has 0 aliphatic rings. The van der Waals surface area contributed by atoms with E-state index in [2.05, 4.69) is 16.2 Å². The van der Waals surface area contributed by atoms with Crippen molar-refractivity contribution in [2.75, 3.05) is 0 Å². The Labute approximate surface area is 48.6 Å². The summed E-state index contributed by atoms with van der Waals surface area (Å²) in [6.07, 6.45) is 6.97. The van der Waals surface area contributed by atoms with Crippen LogP contribution in [0.1, 0.15) is 12.6 Å². The first-order valence-electron chi connectivity index (χ1n) is 2.61. The van der Waals surface area contributed by atoms with Gasteiger partial charge in [0.05, 0.1) is 5.69 Å². The van der Waals surface area contributed by atoms with Crippen LogP contribution in [0.3, 0.4) is 0 Å². The number of aryl methyl sites for hydroxylation is 1. The molecule has 0 atom stereocenters. The van der Waals surface area contributed by atoms with Crippen LogP contribution in [0, 0.1) is 6.20 Å². The zero-order chi connectivity index (χ0) is 5.82. The van der Waals surface area contributed by atoms with Crippen molar-refractivity contribution in [3.05, 3.63) is 24.3 Å². The molecule has 1 aromatic heterocycles. The molecule has 2 nitrogen and oxygen atoms in total. The van der Waals surface area contributed by atoms with Crippen LogP contribution in [0.25, 0.3) is 0 Å². The molecule has 0 aliphatic carbocycles. The number of nitrogens with zero attached hydrogens (tertiary/aromatic N) is 2. The molecule has 0 spiro atoms. The largest absolute Gasteiger partial charge is 0.257 e. The fraction of sp³-hybridized carbons (Fsp3) is 0.333. The van der Waals surface area contributed by atoms with E-state index in [4.69, 9.17) is 0 Å². The van der Waals surface area contributed by atoms with Gasteiger partial charge in [-0.1, -0.05) is 6.92 Å². The molecule has 41 valence electrons. The third kappa shape index (κ3) is 1.03. The molecular weight excluding hydrogens is 100 g/mol. The van der Waals surface area contributed by atoms with Gasteiger partial charge in [0.15, 0.2) is 0 Å². The van der Waals surface area contributed by atoms with Gasteiger partial charge in [-0.3, -0.25) is 9.97 Å². The molecule has 0 fully saturated rings. The zero-order valence-corrected chi connectivity index (χ0v) is 4.76. The Hall–Kier alpha value is -0.920. The second-order valence-corrected chi connectivity index (χ2v) is 1.47. The first kappa shape index (κ1) is 5.22. The van der Waals surface area contributed by atoms with Crippen molar-refractivity contribution in [3.63, 3.8) is 0 Å². The van der Waals surface area contributed by atoms with Gasteiger partial charge < -0.3 is 0 Å². The first-order chi connectivity index (χ1) is 3.93. The van der Waals surface area contributed by atoms with E-state index in [1.807, 2.05) is 6.92 Å². The lowest BCUT2D eigenvalue weighted by atomic mass is 10.4. The van der Waals surface area contributed by atoms with Crippen molar-refractivity contribution in [2.24, 2.45) is 0 Å². The monoisotopic (exact) mass is 107 g/mol. The molecule has 0 bridgehead atoms. The smallest absolute Gasteiger partial charge is 0.112 e. The standard InChI is InChI=1S/C6H7N2/c1-2-6-5-7-3-4-8-6/h3-4H,2H2,1H3. The maximum atomic E-state index is 3.98. The van der Waals surface area contributed by atoms with E-state index in [-0.39, 0.29) is 0 Å². The second-order valence-electron chi connectivity index (χ2n) is 1.47. The van der Waals surface area contributed by atoms with E-state index in [0.29, 0.717) is 0 Å². The van der Waals surface area contributed by atoms with Crippen molar-refractivity contribution in [1.82, 2.24) is 9.97 Å². The van der Waals surface area contributed by atoms with Crippen LogP contribution < -0.4 is 0 Å². The fourth-order valence-corrected chi connectivity index (χ4v) is 0.468. The van der Waals surface area contributed by atoms with Crippen LogP contribution in [0.5, 0.6) is 0 Å². The highest BCUT2D eigenvalue weighted by Gasteiger charge is 1.84. The first-order valence-corrected chi connectivity index (χ1v) is 2.61. The molecule has 1 radical (unpaired) electrons. The van der Waals surface area contributed by atoms with Crippen molar-refractivity contribution in [1.29, 1.82) is 0 Å². The number of hydrogen-bond acceptors (Lipinski definition) is 2. The Morgan fingerprint density at radius 1 is 1.62 bits per heavy atom. The molecule has 0 saturated heterocycles. The van der Waals surface area contributed by atoms with Gasteiger partial charge in [0.25, 0.3) is 0 Å². The summed E-state index contributed by atoms with van der Waals surface area (Å²) in [6, 6.07) is 0. The third-order valence-electron chi connectivity index (χ3n) is 0.900. The molecule has 1 heterocycles. The molecule has 0 amide bonds. The Morgan fingerprint density at radius 3 is 2.88 bits per heavy atom. The van der Waals surface area contributed by atoms with Crippen molar-refractivity contribution in [3.8, 4) is 0 Å². The molecular formula is C6H7N2. The zero-order valence-electron chi connectivity index (χ0n) is 4.76. The van der Waals surface area contributed by atoms with Gasteiger partial charge in [-0.05, 0) is 6.42 Å². The predicted octanol–water partition coefficient (Wildman–Crippen LogP) is 0.839. The minimum absolute atomic E-state index is 0.911. The molecule has 1 aromatic rings. The summed E-state index contributed by atoms with van der Waals surface area (Å²) in [7, 11) is 0. The Balaban J connectivity index is 2.83. The second kappa shape index (κ2) is 2.40. The highest BCUT2D eigenvalue weighted by Crippen LogP contribution is 1.86. The van der Waals surface area contributed by atoms with Gasteiger partial charge in [-0.15, -0.1) is 0 Å².